The van der Waals surface area contributed by atoms with E-state index in [-0.39, 0.29) is 18.5 Å². The van der Waals surface area contributed by atoms with Crippen LogP contribution in [-0.4, -0.2) is 49.7 Å². The largest absolute Gasteiger partial charge is 0.492 e. The van der Waals surface area contributed by atoms with Crippen LogP contribution in [0, 0.1) is 10.8 Å². The van der Waals surface area contributed by atoms with Crippen molar-refractivity contribution in [2.75, 3.05) is 32.8 Å². The molecule has 3 aliphatic rings. The molecule has 0 bridgehead atoms. The van der Waals surface area contributed by atoms with Gasteiger partial charge in [0.2, 0.25) is 0 Å². The van der Waals surface area contributed by atoms with E-state index in [1.165, 1.54) is 12.8 Å². The van der Waals surface area contributed by atoms with Gasteiger partial charge in [0.15, 0.2) is 5.60 Å². The molecule has 0 aliphatic carbocycles. The summed E-state index contributed by atoms with van der Waals surface area (Å²) in [7, 11) is 0. The zero-order valence-corrected chi connectivity index (χ0v) is 28.5. The Kier molecular flexibility index (Phi) is 8.60. The number of carbonyl (C=O) groups excluding carboxylic acids is 2. The molecule has 3 aromatic carbocycles. The van der Waals surface area contributed by atoms with Crippen LogP contribution in [0.4, 0.5) is 0 Å². The maximum atomic E-state index is 12.7. The van der Waals surface area contributed by atoms with Gasteiger partial charge in [-0.15, -0.1) is 0 Å². The van der Waals surface area contributed by atoms with Crippen LogP contribution < -0.4 is 23.7 Å². The summed E-state index contributed by atoms with van der Waals surface area (Å²) in [6, 6.07) is 19.0. The molecule has 1 atom stereocenters. The van der Waals surface area contributed by atoms with Crippen LogP contribution in [0.1, 0.15) is 78.0 Å². The lowest BCUT2D eigenvalue weighted by atomic mass is 9.76. The number of carbonyl (C=O) groups is 2. The van der Waals surface area contributed by atoms with E-state index in [0.717, 1.165) is 53.2 Å². The van der Waals surface area contributed by atoms with Crippen molar-refractivity contribution in [1.29, 1.82) is 0 Å². The molecule has 8 nitrogen and oxygen atoms in total. The van der Waals surface area contributed by atoms with Gasteiger partial charge < -0.3 is 23.7 Å². The summed E-state index contributed by atoms with van der Waals surface area (Å²) in [6.07, 6.45) is 2.51. The third-order valence-corrected chi connectivity index (χ3v) is 8.89. The van der Waals surface area contributed by atoms with Crippen LogP contribution in [0.25, 0.3) is 11.1 Å². The highest BCUT2D eigenvalue weighted by Gasteiger charge is 2.44. The molecule has 3 aliphatic heterocycles. The molecule has 3 aromatic rings. The van der Waals surface area contributed by atoms with Crippen LogP contribution in [-0.2, 0) is 15.2 Å². The van der Waals surface area contributed by atoms with Gasteiger partial charge in [0.1, 0.15) is 42.0 Å². The lowest BCUT2D eigenvalue weighted by molar-refractivity contribution is -0.143. The van der Waals surface area contributed by atoms with E-state index in [2.05, 4.69) is 4.90 Å². The first kappa shape index (κ1) is 32.6. The van der Waals surface area contributed by atoms with Crippen molar-refractivity contribution in [1.82, 2.24) is 4.90 Å². The summed E-state index contributed by atoms with van der Waals surface area (Å²) in [5.74, 6) is 2.20. The first-order valence-electron chi connectivity index (χ1n) is 16.5. The second-order valence-electron chi connectivity index (χ2n) is 14.8. The normalized spacial score (nSPS) is 19.1. The molecule has 0 amide bonds. The Morgan fingerprint density at radius 3 is 1.91 bits per heavy atom. The molecule has 0 N–H and O–H groups in total. The summed E-state index contributed by atoms with van der Waals surface area (Å²) in [5, 5.41) is 0. The zero-order valence-electron chi connectivity index (χ0n) is 28.5. The van der Waals surface area contributed by atoms with E-state index in [1.54, 1.807) is 24.3 Å². The number of ether oxygens (including phenoxy) is 5. The number of hydrogen-bond donors (Lipinski definition) is 0. The first-order chi connectivity index (χ1) is 22.2. The maximum Gasteiger partial charge on any atom is 0.316 e. The summed E-state index contributed by atoms with van der Waals surface area (Å²) < 4.78 is 30.8. The van der Waals surface area contributed by atoms with Crippen LogP contribution in [0.2, 0.25) is 0 Å². The number of rotatable bonds is 7. The molecule has 47 heavy (non-hydrogen) atoms. The van der Waals surface area contributed by atoms with Crippen LogP contribution in [0.15, 0.2) is 60.7 Å². The standard InChI is InChI=1S/C39H45NO7/c1-37(2,3)35(41)45-27-15-17-30-32(22-27)44-24-31-29-16-14-28(46-36(42)38(4,5)6)23-33(29)47-39(7,34(30)31)25-10-12-26(13-11-25)43-21-20-40-18-8-9-19-40/h10-17,22-23H,8-9,18-21,24H2,1-7H3. The average Bonchev–Trinajstić information content (AvgIpc) is 3.53. The minimum atomic E-state index is -0.939. The number of benzene rings is 3. The Labute approximate surface area is 277 Å². The summed E-state index contributed by atoms with van der Waals surface area (Å²) >= 11 is 0. The van der Waals surface area contributed by atoms with Gasteiger partial charge in [-0.2, -0.15) is 0 Å². The van der Waals surface area contributed by atoms with E-state index < -0.39 is 16.4 Å². The Hall–Kier alpha value is -4.30. The second kappa shape index (κ2) is 12.4. The van der Waals surface area contributed by atoms with E-state index in [4.69, 9.17) is 23.7 Å². The predicted octanol–water partition coefficient (Wildman–Crippen LogP) is 7.68. The topological polar surface area (TPSA) is 83.5 Å². The molecule has 6 rings (SSSR count). The van der Waals surface area contributed by atoms with Crippen molar-refractivity contribution in [3.8, 4) is 28.7 Å². The van der Waals surface area contributed by atoms with E-state index in [0.29, 0.717) is 29.6 Å². The lowest BCUT2D eigenvalue weighted by Crippen LogP contribution is -2.37. The lowest BCUT2D eigenvalue weighted by Gasteiger charge is -2.42. The Balaban J connectivity index is 1.37. The fraction of sp³-hybridized carbons (Fsp3) is 0.436. The highest BCUT2D eigenvalue weighted by molar-refractivity contribution is 6.01. The number of fused-ring (bicyclic) bond motifs is 4. The molecule has 0 saturated carbocycles. The van der Waals surface area contributed by atoms with Gasteiger partial charge in [0, 0.05) is 41.0 Å². The minimum Gasteiger partial charge on any atom is -0.492 e. The Bertz CT molecular complexity index is 1700. The molecule has 0 aromatic heterocycles. The quantitative estimate of drug-likeness (QED) is 0.192. The van der Waals surface area contributed by atoms with Crippen molar-refractivity contribution in [3.05, 3.63) is 77.4 Å². The summed E-state index contributed by atoms with van der Waals surface area (Å²) in [6.45, 7) is 17.1. The van der Waals surface area contributed by atoms with Crippen LogP contribution >= 0.6 is 0 Å². The highest BCUT2D eigenvalue weighted by Crippen LogP contribution is 2.55. The number of nitrogens with zero attached hydrogens (tertiary/aromatic N) is 1. The Morgan fingerprint density at radius 2 is 1.32 bits per heavy atom. The number of hydrogen-bond acceptors (Lipinski definition) is 8. The van der Waals surface area contributed by atoms with Gasteiger partial charge in [-0.3, -0.25) is 14.5 Å². The van der Waals surface area contributed by atoms with Crippen molar-refractivity contribution < 1.29 is 33.3 Å². The fourth-order valence-corrected chi connectivity index (χ4v) is 6.10. The van der Waals surface area contributed by atoms with Gasteiger partial charge in [-0.25, -0.2) is 0 Å². The Morgan fingerprint density at radius 1 is 0.766 bits per heavy atom. The van der Waals surface area contributed by atoms with E-state index in [9.17, 15) is 9.59 Å². The first-order valence-corrected chi connectivity index (χ1v) is 16.5. The van der Waals surface area contributed by atoms with Crippen molar-refractivity contribution in [2.45, 2.75) is 66.9 Å². The third kappa shape index (κ3) is 6.75. The van der Waals surface area contributed by atoms with Crippen LogP contribution in [0.3, 0.4) is 0 Å². The van der Waals surface area contributed by atoms with Crippen molar-refractivity contribution in [2.24, 2.45) is 10.8 Å². The highest BCUT2D eigenvalue weighted by atomic mass is 16.5. The molecule has 1 saturated heterocycles. The van der Waals surface area contributed by atoms with Gasteiger partial charge in [0.05, 0.1) is 10.8 Å². The molecule has 1 unspecified atom stereocenters. The average molecular weight is 640 g/mol. The van der Waals surface area contributed by atoms with Crippen molar-refractivity contribution >= 4 is 23.1 Å². The second-order valence-corrected chi connectivity index (χ2v) is 14.8. The molecule has 8 heteroatoms. The maximum absolute atomic E-state index is 12.7. The smallest absolute Gasteiger partial charge is 0.316 e. The summed E-state index contributed by atoms with van der Waals surface area (Å²) in [5.41, 5.74) is 2.34. The number of likely N-dealkylation sites (tertiary alicyclic amines) is 1. The van der Waals surface area contributed by atoms with Gasteiger partial charge in [0.25, 0.3) is 0 Å². The van der Waals surface area contributed by atoms with Gasteiger partial charge >= 0.3 is 11.9 Å². The van der Waals surface area contributed by atoms with Crippen molar-refractivity contribution in [3.63, 3.8) is 0 Å². The fourth-order valence-electron chi connectivity index (χ4n) is 6.10. The predicted molar refractivity (Wildman–Crippen MR) is 181 cm³/mol. The molecular weight excluding hydrogens is 594 g/mol. The van der Waals surface area contributed by atoms with E-state index >= 15 is 0 Å². The van der Waals surface area contributed by atoms with E-state index in [1.807, 2.05) is 84.9 Å². The van der Waals surface area contributed by atoms with Crippen LogP contribution in [0.5, 0.6) is 28.7 Å². The third-order valence-electron chi connectivity index (χ3n) is 8.89. The molecule has 0 radical (unpaired) electrons. The molecule has 0 spiro atoms. The minimum absolute atomic E-state index is 0.282. The number of esters is 2. The molecular formula is C39H45NO7. The SMILES string of the molecule is CC(C)(C)C(=O)Oc1ccc2c(c1)OC(C)(c1ccc(OCCN3CCCC3)cc1)C1=C2COc2cc(OC(=O)C(C)(C)C)ccc21. The van der Waals surface area contributed by atoms with Gasteiger partial charge in [-0.1, -0.05) is 12.1 Å². The molecule has 3 heterocycles. The molecule has 248 valence electrons. The monoisotopic (exact) mass is 639 g/mol. The van der Waals surface area contributed by atoms with Gasteiger partial charge in [-0.05, 0) is 116 Å². The summed E-state index contributed by atoms with van der Waals surface area (Å²) in [4.78, 5) is 27.8. The molecule has 1 fully saturated rings. The zero-order chi connectivity index (χ0) is 33.6.